The van der Waals surface area contributed by atoms with Gasteiger partial charge in [-0.15, -0.1) is 0 Å². The number of pyridine rings is 1. The molecule has 0 fully saturated rings. The van der Waals surface area contributed by atoms with Gasteiger partial charge in [-0.05, 0) is 13.0 Å². The Morgan fingerprint density at radius 1 is 1.58 bits per heavy atom. The van der Waals surface area contributed by atoms with Crippen LogP contribution in [0, 0.1) is 18.3 Å². The largest absolute Gasteiger partial charge is 0.241 e. The van der Waals surface area contributed by atoms with Crippen molar-refractivity contribution < 1.29 is 0 Å². The molecule has 1 aromatic heterocycles. The first kappa shape index (κ1) is 9.31. The summed E-state index contributed by atoms with van der Waals surface area (Å²) in [6.45, 7) is 1.78. The summed E-state index contributed by atoms with van der Waals surface area (Å²) in [5.41, 5.74) is 1.47. The Morgan fingerprint density at radius 2 is 2.25 bits per heavy atom. The van der Waals surface area contributed by atoms with Crippen LogP contribution in [0.1, 0.15) is 11.3 Å². The van der Waals surface area contributed by atoms with Crippen LogP contribution in [0.4, 0.5) is 0 Å². The van der Waals surface area contributed by atoms with Crippen LogP contribution in [0.3, 0.4) is 0 Å². The van der Waals surface area contributed by atoms with Gasteiger partial charge in [0.2, 0.25) is 0 Å². The van der Waals surface area contributed by atoms with Crippen LogP contribution >= 0.6 is 23.2 Å². The van der Waals surface area contributed by atoms with Gasteiger partial charge in [0.15, 0.2) is 0 Å². The second kappa shape index (κ2) is 3.75. The van der Waals surface area contributed by atoms with Crippen molar-refractivity contribution in [3.63, 3.8) is 0 Å². The number of hydrogen-bond donors (Lipinski definition) is 0. The van der Waals surface area contributed by atoms with Crippen LogP contribution in [-0.2, 0) is 6.42 Å². The highest BCUT2D eigenvalue weighted by atomic mass is 35.5. The fourth-order valence-electron chi connectivity index (χ4n) is 0.916. The van der Waals surface area contributed by atoms with Crippen LogP contribution in [0.5, 0.6) is 0 Å². The Morgan fingerprint density at radius 3 is 2.75 bits per heavy atom. The standard InChI is InChI=1S/C8H6Cl2N2/c1-5-6(2-3-11)7(9)4-8(10)12-5/h4H,2H2,1H3. The van der Waals surface area contributed by atoms with Crippen molar-refractivity contribution in [3.8, 4) is 6.07 Å². The van der Waals surface area contributed by atoms with Crippen LogP contribution < -0.4 is 0 Å². The average Bonchev–Trinajstić information content (AvgIpc) is 1.96. The lowest BCUT2D eigenvalue weighted by atomic mass is 10.1. The molecule has 0 aliphatic carbocycles. The van der Waals surface area contributed by atoms with Gasteiger partial charge in [0.25, 0.3) is 0 Å². The SMILES string of the molecule is Cc1nc(Cl)cc(Cl)c1CC#N. The van der Waals surface area contributed by atoms with Crippen molar-refractivity contribution in [2.75, 3.05) is 0 Å². The maximum Gasteiger partial charge on any atom is 0.130 e. The number of rotatable bonds is 1. The molecule has 0 aromatic carbocycles. The molecular formula is C8H6Cl2N2. The third-order valence-corrected chi connectivity index (χ3v) is 2.03. The minimum atomic E-state index is 0.273. The lowest BCUT2D eigenvalue weighted by Gasteiger charge is -2.03. The molecule has 0 aliphatic rings. The monoisotopic (exact) mass is 200 g/mol. The zero-order chi connectivity index (χ0) is 9.14. The third kappa shape index (κ3) is 1.88. The molecule has 62 valence electrons. The number of nitrogens with zero attached hydrogens (tertiary/aromatic N) is 2. The molecule has 0 unspecified atom stereocenters. The second-order valence-corrected chi connectivity index (χ2v) is 3.12. The minimum Gasteiger partial charge on any atom is -0.241 e. The summed E-state index contributed by atoms with van der Waals surface area (Å²) in [4.78, 5) is 3.98. The first-order valence-electron chi connectivity index (χ1n) is 3.33. The molecule has 0 amide bonds. The Kier molecular flexibility index (Phi) is 2.91. The zero-order valence-corrected chi connectivity index (χ0v) is 7.95. The summed E-state index contributed by atoms with van der Waals surface area (Å²) < 4.78 is 0. The summed E-state index contributed by atoms with van der Waals surface area (Å²) in [6, 6.07) is 3.56. The highest BCUT2D eigenvalue weighted by molar-refractivity contribution is 6.34. The van der Waals surface area contributed by atoms with E-state index in [0.29, 0.717) is 15.9 Å². The number of hydrogen-bond acceptors (Lipinski definition) is 2. The topological polar surface area (TPSA) is 36.7 Å². The Hall–Kier alpha value is -0.780. The van der Waals surface area contributed by atoms with Gasteiger partial charge >= 0.3 is 0 Å². The van der Waals surface area contributed by atoms with Crippen molar-refractivity contribution in [1.82, 2.24) is 4.98 Å². The smallest absolute Gasteiger partial charge is 0.130 e. The van der Waals surface area contributed by atoms with Crippen LogP contribution in [0.2, 0.25) is 10.2 Å². The number of aromatic nitrogens is 1. The molecule has 0 radical (unpaired) electrons. The fourth-order valence-corrected chi connectivity index (χ4v) is 1.51. The van der Waals surface area contributed by atoms with Crippen LogP contribution in [-0.4, -0.2) is 4.98 Å². The molecule has 0 bridgehead atoms. The zero-order valence-electron chi connectivity index (χ0n) is 6.43. The van der Waals surface area contributed by atoms with Crippen molar-refractivity contribution in [3.05, 3.63) is 27.5 Å². The van der Waals surface area contributed by atoms with Gasteiger partial charge in [0.05, 0.1) is 12.5 Å². The van der Waals surface area contributed by atoms with E-state index in [1.54, 1.807) is 13.0 Å². The third-order valence-electron chi connectivity index (χ3n) is 1.50. The summed E-state index contributed by atoms with van der Waals surface area (Å²) in [5, 5.41) is 9.34. The molecule has 0 spiro atoms. The van der Waals surface area contributed by atoms with Gasteiger partial charge in [-0.2, -0.15) is 5.26 Å². The Balaban J connectivity index is 3.21. The minimum absolute atomic E-state index is 0.273. The van der Waals surface area contributed by atoms with E-state index in [2.05, 4.69) is 4.98 Å². The highest BCUT2D eigenvalue weighted by Gasteiger charge is 2.06. The molecule has 1 rings (SSSR count). The van der Waals surface area contributed by atoms with Crippen LogP contribution in [0.15, 0.2) is 6.07 Å². The molecule has 4 heteroatoms. The maximum atomic E-state index is 8.47. The fraction of sp³-hybridized carbons (Fsp3) is 0.250. The Bertz CT molecular complexity index is 318. The summed E-state index contributed by atoms with van der Waals surface area (Å²) in [7, 11) is 0. The molecule has 12 heavy (non-hydrogen) atoms. The van der Waals surface area contributed by atoms with Gasteiger partial charge in [0, 0.05) is 16.3 Å². The van der Waals surface area contributed by atoms with Crippen molar-refractivity contribution >= 4 is 23.2 Å². The molecule has 0 atom stereocenters. The van der Waals surface area contributed by atoms with E-state index in [4.69, 9.17) is 28.5 Å². The highest BCUT2D eigenvalue weighted by Crippen LogP contribution is 2.22. The second-order valence-electron chi connectivity index (χ2n) is 2.33. The molecule has 0 saturated carbocycles. The maximum absolute atomic E-state index is 8.47. The molecule has 0 aliphatic heterocycles. The predicted octanol–water partition coefficient (Wildman–Crippen LogP) is 2.76. The summed E-state index contributed by atoms with van der Waals surface area (Å²) in [6.07, 6.45) is 0.273. The number of halogens is 2. The van der Waals surface area contributed by atoms with Gasteiger partial charge < -0.3 is 0 Å². The quantitative estimate of drug-likeness (QED) is 0.655. The molecule has 1 heterocycles. The van der Waals surface area contributed by atoms with E-state index in [0.717, 1.165) is 5.56 Å². The van der Waals surface area contributed by atoms with Crippen LogP contribution in [0.25, 0.3) is 0 Å². The summed E-state index contributed by atoms with van der Waals surface area (Å²) in [5.74, 6) is 0. The van der Waals surface area contributed by atoms with E-state index in [1.807, 2.05) is 6.07 Å². The number of nitriles is 1. The van der Waals surface area contributed by atoms with Gasteiger partial charge in [-0.3, -0.25) is 0 Å². The van der Waals surface area contributed by atoms with Gasteiger partial charge in [0.1, 0.15) is 5.15 Å². The first-order valence-corrected chi connectivity index (χ1v) is 4.09. The molecule has 1 aromatic rings. The number of aryl methyl sites for hydroxylation is 1. The van der Waals surface area contributed by atoms with Crippen molar-refractivity contribution in [2.45, 2.75) is 13.3 Å². The van der Waals surface area contributed by atoms with E-state index < -0.39 is 0 Å². The molecule has 0 saturated heterocycles. The molecule has 2 nitrogen and oxygen atoms in total. The molecule has 0 N–H and O–H groups in total. The van der Waals surface area contributed by atoms with Gasteiger partial charge in [-0.25, -0.2) is 4.98 Å². The predicted molar refractivity (Wildman–Crippen MR) is 48.3 cm³/mol. The Labute approximate surface area is 80.7 Å². The lowest BCUT2D eigenvalue weighted by Crippen LogP contribution is -1.93. The lowest BCUT2D eigenvalue weighted by molar-refractivity contribution is 1.11. The average molecular weight is 201 g/mol. The van der Waals surface area contributed by atoms with E-state index in [9.17, 15) is 0 Å². The van der Waals surface area contributed by atoms with Crippen molar-refractivity contribution in [2.24, 2.45) is 0 Å². The van der Waals surface area contributed by atoms with Gasteiger partial charge in [-0.1, -0.05) is 23.2 Å². The van der Waals surface area contributed by atoms with E-state index in [1.165, 1.54) is 0 Å². The summed E-state index contributed by atoms with van der Waals surface area (Å²) >= 11 is 11.5. The van der Waals surface area contributed by atoms with E-state index in [-0.39, 0.29) is 6.42 Å². The first-order chi connectivity index (χ1) is 5.65. The normalized spacial score (nSPS) is 9.50. The molecular weight excluding hydrogens is 195 g/mol. The van der Waals surface area contributed by atoms with Crippen molar-refractivity contribution in [1.29, 1.82) is 5.26 Å². The van der Waals surface area contributed by atoms with E-state index >= 15 is 0 Å².